The summed E-state index contributed by atoms with van der Waals surface area (Å²) in [4.78, 5) is 12.4. The summed E-state index contributed by atoms with van der Waals surface area (Å²) in [6.07, 6.45) is 0. The second kappa shape index (κ2) is 7.09. The van der Waals surface area contributed by atoms with E-state index in [0.717, 1.165) is 11.1 Å². The molecule has 0 radical (unpaired) electrons. The van der Waals surface area contributed by atoms with E-state index in [9.17, 15) is 13.2 Å². The summed E-state index contributed by atoms with van der Waals surface area (Å²) >= 11 is 0. The van der Waals surface area contributed by atoms with Crippen molar-refractivity contribution in [2.45, 2.75) is 18.7 Å². The normalized spacial score (nSPS) is 11.3. The molecule has 26 heavy (non-hydrogen) atoms. The van der Waals surface area contributed by atoms with Crippen LogP contribution in [0.1, 0.15) is 22.8 Å². The highest BCUT2D eigenvalue weighted by Gasteiger charge is 2.16. The maximum Gasteiger partial charge on any atom is 0.322 e. The molecule has 0 bridgehead atoms. The molecule has 0 saturated carbocycles. The summed E-state index contributed by atoms with van der Waals surface area (Å²) in [5.41, 5.74) is 2.03. The minimum atomic E-state index is -3.39. The van der Waals surface area contributed by atoms with Crippen LogP contribution in [0, 0.1) is 6.92 Å². The van der Waals surface area contributed by atoms with Gasteiger partial charge in [-0.15, -0.1) is 5.10 Å². The van der Waals surface area contributed by atoms with Crippen LogP contribution in [0.25, 0.3) is 11.5 Å². The van der Waals surface area contributed by atoms with Gasteiger partial charge in [-0.3, -0.25) is 10.1 Å². The SMILES string of the molecule is CCS(=O)(=O)c1cccc(C(=O)Nc2nnc(-c3ccc(C)cc3)o2)c1. The third-order valence-corrected chi connectivity index (χ3v) is 5.51. The molecule has 0 fully saturated rings. The first-order valence-corrected chi connectivity index (χ1v) is 9.59. The molecule has 134 valence electrons. The van der Waals surface area contributed by atoms with E-state index in [4.69, 9.17) is 4.42 Å². The van der Waals surface area contributed by atoms with E-state index in [1.54, 1.807) is 6.92 Å². The maximum absolute atomic E-state index is 12.3. The molecule has 0 spiro atoms. The van der Waals surface area contributed by atoms with E-state index in [2.05, 4.69) is 15.5 Å². The number of carbonyl (C=O) groups is 1. The second-order valence-corrected chi connectivity index (χ2v) is 7.94. The lowest BCUT2D eigenvalue weighted by atomic mass is 10.1. The number of benzene rings is 2. The van der Waals surface area contributed by atoms with Crippen molar-refractivity contribution in [3.63, 3.8) is 0 Å². The molecule has 7 nitrogen and oxygen atoms in total. The Labute approximate surface area is 151 Å². The third kappa shape index (κ3) is 3.80. The number of hydrogen-bond donors (Lipinski definition) is 1. The molecule has 1 amide bonds. The van der Waals surface area contributed by atoms with Gasteiger partial charge in [0.05, 0.1) is 10.6 Å². The maximum atomic E-state index is 12.3. The van der Waals surface area contributed by atoms with Crippen LogP contribution in [0.15, 0.2) is 57.8 Å². The molecule has 3 rings (SSSR count). The summed E-state index contributed by atoms with van der Waals surface area (Å²) < 4.78 is 29.3. The zero-order valence-corrected chi connectivity index (χ0v) is 15.1. The van der Waals surface area contributed by atoms with Crippen molar-refractivity contribution in [1.82, 2.24) is 10.2 Å². The lowest BCUT2D eigenvalue weighted by molar-refractivity contribution is 0.102. The monoisotopic (exact) mass is 371 g/mol. The first kappa shape index (κ1) is 17.8. The molecule has 0 atom stereocenters. The highest BCUT2D eigenvalue weighted by atomic mass is 32.2. The number of hydrogen-bond acceptors (Lipinski definition) is 6. The topological polar surface area (TPSA) is 102 Å². The van der Waals surface area contributed by atoms with Crippen LogP contribution in [0.2, 0.25) is 0 Å². The van der Waals surface area contributed by atoms with E-state index in [0.29, 0.717) is 0 Å². The second-order valence-electron chi connectivity index (χ2n) is 5.66. The number of nitrogens with one attached hydrogen (secondary N) is 1. The van der Waals surface area contributed by atoms with Gasteiger partial charge in [0.25, 0.3) is 5.91 Å². The lowest BCUT2D eigenvalue weighted by Crippen LogP contribution is -2.13. The van der Waals surface area contributed by atoms with Crippen molar-refractivity contribution < 1.29 is 17.6 Å². The largest absolute Gasteiger partial charge is 0.403 e. The average molecular weight is 371 g/mol. The van der Waals surface area contributed by atoms with Gasteiger partial charge in [-0.05, 0) is 37.3 Å². The Balaban J connectivity index is 1.79. The lowest BCUT2D eigenvalue weighted by Gasteiger charge is -2.04. The van der Waals surface area contributed by atoms with E-state index < -0.39 is 15.7 Å². The Hall–Kier alpha value is -3.00. The van der Waals surface area contributed by atoms with Crippen molar-refractivity contribution >= 4 is 21.8 Å². The summed E-state index contributed by atoms with van der Waals surface area (Å²) in [6.45, 7) is 3.52. The van der Waals surface area contributed by atoms with Gasteiger partial charge in [0.1, 0.15) is 0 Å². The molecule has 1 aromatic heterocycles. The number of carbonyl (C=O) groups excluding carboxylic acids is 1. The molecule has 0 unspecified atom stereocenters. The number of nitrogens with zero attached hydrogens (tertiary/aromatic N) is 2. The number of anilines is 1. The molecule has 1 N–H and O–H groups in total. The molecular formula is C18H17N3O4S. The van der Waals surface area contributed by atoms with Crippen LogP contribution in [0.3, 0.4) is 0 Å². The molecule has 0 aliphatic rings. The summed E-state index contributed by atoms with van der Waals surface area (Å²) in [5.74, 6) is -0.290. The smallest absolute Gasteiger partial charge is 0.322 e. The average Bonchev–Trinajstić information content (AvgIpc) is 3.11. The molecule has 1 heterocycles. The first-order valence-electron chi connectivity index (χ1n) is 7.94. The predicted octanol–water partition coefficient (Wildman–Crippen LogP) is 3.09. The number of amides is 1. The Morgan fingerprint density at radius 1 is 1.12 bits per heavy atom. The predicted molar refractivity (Wildman–Crippen MR) is 96.6 cm³/mol. The van der Waals surface area contributed by atoms with Crippen LogP contribution in [-0.2, 0) is 9.84 Å². The van der Waals surface area contributed by atoms with Crippen molar-refractivity contribution in [3.05, 3.63) is 59.7 Å². The van der Waals surface area contributed by atoms with Crippen LogP contribution in [0.4, 0.5) is 6.01 Å². The van der Waals surface area contributed by atoms with Crippen molar-refractivity contribution in [2.24, 2.45) is 0 Å². The summed E-state index contributed by atoms with van der Waals surface area (Å²) in [6, 6.07) is 13.3. The summed E-state index contributed by atoms with van der Waals surface area (Å²) in [5, 5.41) is 10.2. The van der Waals surface area contributed by atoms with Crippen LogP contribution < -0.4 is 5.32 Å². The highest BCUT2D eigenvalue weighted by Crippen LogP contribution is 2.21. The van der Waals surface area contributed by atoms with Gasteiger partial charge < -0.3 is 4.42 Å². The zero-order valence-electron chi connectivity index (χ0n) is 14.3. The van der Waals surface area contributed by atoms with Gasteiger partial charge in [-0.1, -0.05) is 35.8 Å². The summed E-state index contributed by atoms with van der Waals surface area (Å²) in [7, 11) is -3.39. The molecule has 3 aromatic rings. The molecule has 0 aliphatic carbocycles. The van der Waals surface area contributed by atoms with Gasteiger partial charge in [0, 0.05) is 11.1 Å². The highest BCUT2D eigenvalue weighted by molar-refractivity contribution is 7.91. The molecule has 0 saturated heterocycles. The standard InChI is InChI=1S/C18H17N3O4S/c1-3-26(23,24)15-6-4-5-14(11-15)16(22)19-18-21-20-17(25-18)13-9-7-12(2)8-10-13/h4-11H,3H2,1-2H3,(H,19,21,22). The molecule has 8 heteroatoms. The number of aromatic nitrogens is 2. The first-order chi connectivity index (χ1) is 12.4. The van der Waals surface area contributed by atoms with Crippen molar-refractivity contribution in [1.29, 1.82) is 0 Å². The van der Waals surface area contributed by atoms with E-state index in [-0.39, 0.29) is 28.1 Å². The van der Waals surface area contributed by atoms with Gasteiger partial charge in [-0.2, -0.15) is 0 Å². The van der Waals surface area contributed by atoms with Crippen molar-refractivity contribution in [3.8, 4) is 11.5 Å². The Morgan fingerprint density at radius 3 is 2.54 bits per heavy atom. The fourth-order valence-corrected chi connectivity index (χ4v) is 3.18. The minimum Gasteiger partial charge on any atom is -0.403 e. The van der Waals surface area contributed by atoms with Crippen LogP contribution in [0.5, 0.6) is 0 Å². The van der Waals surface area contributed by atoms with Crippen LogP contribution in [-0.4, -0.2) is 30.3 Å². The number of sulfone groups is 1. The third-order valence-electron chi connectivity index (χ3n) is 3.78. The Kier molecular flexibility index (Phi) is 4.85. The van der Waals surface area contributed by atoms with Gasteiger partial charge in [0.15, 0.2) is 9.84 Å². The molecule has 2 aromatic carbocycles. The molecule has 0 aliphatic heterocycles. The number of rotatable bonds is 5. The molecular weight excluding hydrogens is 354 g/mol. The Morgan fingerprint density at radius 2 is 1.85 bits per heavy atom. The van der Waals surface area contributed by atoms with E-state index in [1.807, 2.05) is 31.2 Å². The van der Waals surface area contributed by atoms with E-state index >= 15 is 0 Å². The fraction of sp³-hybridized carbons (Fsp3) is 0.167. The van der Waals surface area contributed by atoms with E-state index in [1.165, 1.54) is 24.3 Å². The Bertz CT molecular complexity index is 1040. The number of aryl methyl sites for hydroxylation is 1. The zero-order chi connectivity index (χ0) is 18.7. The fourth-order valence-electron chi connectivity index (χ4n) is 2.25. The van der Waals surface area contributed by atoms with Gasteiger partial charge >= 0.3 is 6.01 Å². The van der Waals surface area contributed by atoms with Gasteiger partial charge in [0.2, 0.25) is 5.89 Å². The minimum absolute atomic E-state index is 0.0400. The quantitative estimate of drug-likeness (QED) is 0.739. The van der Waals surface area contributed by atoms with Crippen LogP contribution >= 0.6 is 0 Å². The van der Waals surface area contributed by atoms with Crippen molar-refractivity contribution in [2.75, 3.05) is 11.1 Å². The van der Waals surface area contributed by atoms with Gasteiger partial charge in [-0.25, -0.2) is 8.42 Å².